The van der Waals surface area contributed by atoms with Gasteiger partial charge in [-0.1, -0.05) is 13.3 Å². The third kappa shape index (κ3) is 2.38. The van der Waals surface area contributed by atoms with Crippen LogP contribution in [0.5, 0.6) is 0 Å². The summed E-state index contributed by atoms with van der Waals surface area (Å²) in [4.78, 5) is 8.54. The van der Waals surface area contributed by atoms with E-state index in [4.69, 9.17) is 0 Å². The van der Waals surface area contributed by atoms with Crippen molar-refractivity contribution in [2.24, 2.45) is 7.05 Å². The molecule has 17 heavy (non-hydrogen) atoms. The molecule has 2 aromatic heterocycles. The predicted molar refractivity (Wildman–Crippen MR) is 68.9 cm³/mol. The molecular formula is C12H19N5. The van der Waals surface area contributed by atoms with E-state index in [2.05, 4.69) is 41.2 Å². The van der Waals surface area contributed by atoms with Crippen molar-refractivity contribution in [3.8, 4) is 0 Å². The van der Waals surface area contributed by atoms with Gasteiger partial charge >= 0.3 is 0 Å². The second-order valence-electron chi connectivity index (χ2n) is 4.99. The van der Waals surface area contributed by atoms with Gasteiger partial charge in [0.25, 0.3) is 0 Å². The number of nitrogens with one attached hydrogen (secondary N) is 1. The topological polar surface area (TPSA) is 55.6 Å². The van der Waals surface area contributed by atoms with Crippen LogP contribution in [0.4, 0.5) is 5.82 Å². The largest absolute Gasteiger partial charge is 0.364 e. The van der Waals surface area contributed by atoms with Gasteiger partial charge in [-0.05, 0) is 20.3 Å². The monoisotopic (exact) mass is 233 g/mol. The third-order valence-electron chi connectivity index (χ3n) is 2.86. The van der Waals surface area contributed by atoms with Crippen LogP contribution in [0.2, 0.25) is 0 Å². The Bertz CT molecular complexity index is 515. The molecule has 2 heterocycles. The first-order chi connectivity index (χ1) is 8.03. The smallest absolute Gasteiger partial charge is 0.163 e. The van der Waals surface area contributed by atoms with Crippen LogP contribution in [-0.2, 0) is 7.05 Å². The van der Waals surface area contributed by atoms with Crippen LogP contribution < -0.4 is 5.32 Å². The van der Waals surface area contributed by atoms with E-state index in [-0.39, 0.29) is 5.54 Å². The van der Waals surface area contributed by atoms with Crippen LogP contribution in [0.15, 0.2) is 12.5 Å². The molecule has 0 saturated carbocycles. The Hall–Kier alpha value is -1.65. The lowest BCUT2D eigenvalue weighted by molar-refractivity contribution is 0.509. The van der Waals surface area contributed by atoms with Gasteiger partial charge in [0.2, 0.25) is 0 Å². The highest BCUT2D eigenvalue weighted by Crippen LogP contribution is 2.23. The number of nitrogens with zero attached hydrogens (tertiary/aromatic N) is 4. The van der Waals surface area contributed by atoms with Crippen molar-refractivity contribution in [3.63, 3.8) is 0 Å². The minimum absolute atomic E-state index is 0.0336. The van der Waals surface area contributed by atoms with E-state index in [0.717, 1.165) is 29.7 Å². The molecule has 0 aromatic carbocycles. The van der Waals surface area contributed by atoms with E-state index in [1.807, 2.05) is 7.05 Å². The molecule has 0 bridgehead atoms. The Labute approximate surface area is 101 Å². The van der Waals surface area contributed by atoms with Crippen LogP contribution in [0.25, 0.3) is 11.0 Å². The molecule has 0 aliphatic carbocycles. The number of aryl methyl sites for hydroxylation is 1. The van der Waals surface area contributed by atoms with Gasteiger partial charge in [-0.2, -0.15) is 5.10 Å². The summed E-state index contributed by atoms with van der Waals surface area (Å²) in [6, 6.07) is 0. The second-order valence-corrected chi connectivity index (χ2v) is 4.99. The lowest BCUT2D eigenvalue weighted by Gasteiger charge is -2.26. The molecule has 0 saturated heterocycles. The fourth-order valence-electron chi connectivity index (χ4n) is 2.07. The number of hydrogen-bond donors (Lipinski definition) is 1. The quantitative estimate of drug-likeness (QED) is 0.880. The number of rotatable bonds is 4. The minimum Gasteiger partial charge on any atom is -0.364 e. The summed E-state index contributed by atoms with van der Waals surface area (Å²) in [7, 11) is 1.89. The molecule has 0 aliphatic heterocycles. The Kier molecular flexibility index (Phi) is 3.00. The van der Waals surface area contributed by atoms with Gasteiger partial charge in [0.05, 0.1) is 11.6 Å². The van der Waals surface area contributed by atoms with Gasteiger partial charge in [-0.3, -0.25) is 4.68 Å². The summed E-state index contributed by atoms with van der Waals surface area (Å²) in [5.41, 5.74) is 0.890. The van der Waals surface area contributed by atoms with Crippen LogP contribution in [0.1, 0.15) is 33.6 Å². The molecule has 5 nitrogen and oxygen atoms in total. The molecule has 2 aromatic rings. The minimum atomic E-state index is 0.0336. The number of fused-ring (bicyclic) bond motifs is 1. The first kappa shape index (κ1) is 11.8. The maximum atomic E-state index is 4.31. The summed E-state index contributed by atoms with van der Waals surface area (Å²) < 4.78 is 1.76. The van der Waals surface area contributed by atoms with Crippen molar-refractivity contribution in [1.82, 2.24) is 19.7 Å². The molecule has 2 rings (SSSR count). The zero-order chi connectivity index (χ0) is 12.5. The maximum Gasteiger partial charge on any atom is 0.163 e. The lowest BCUT2D eigenvalue weighted by Crippen LogP contribution is -2.31. The predicted octanol–water partition coefficient (Wildman–Crippen LogP) is 2.35. The Balaban J connectivity index is 2.36. The van der Waals surface area contributed by atoms with Gasteiger partial charge in [-0.25, -0.2) is 9.97 Å². The van der Waals surface area contributed by atoms with Crippen molar-refractivity contribution in [2.45, 2.75) is 39.2 Å². The van der Waals surface area contributed by atoms with E-state index in [0.29, 0.717) is 0 Å². The van der Waals surface area contributed by atoms with Crippen molar-refractivity contribution >= 4 is 16.9 Å². The molecule has 0 atom stereocenters. The van der Waals surface area contributed by atoms with E-state index >= 15 is 0 Å². The van der Waals surface area contributed by atoms with Crippen molar-refractivity contribution in [1.29, 1.82) is 0 Å². The number of aromatic nitrogens is 4. The van der Waals surface area contributed by atoms with Crippen LogP contribution >= 0.6 is 0 Å². The first-order valence-corrected chi connectivity index (χ1v) is 5.94. The number of anilines is 1. The summed E-state index contributed by atoms with van der Waals surface area (Å²) in [5.74, 6) is 0.863. The fraction of sp³-hybridized carbons (Fsp3) is 0.583. The summed E-state index contributed by atoms with van der Waals surface area (Å²) >= 11 is 0. The standard InChI is InChI=1S/C12H19N5/c1-5-6-12(2,3)16-10-9-7-15-17(4)11(9)14-8-13-10/h7-8H,5-6H2,1-4H3,(H,13,14,16). The molecule has 1 N–H and O–H groups in total. The summed E-state index contributed by atoms with van der Waals surface area (Å²) in [5, 5.41) is 8.65. The second kappa shape index (κ2) is 4.31. The molecular weight excluding hydrogens is 214 g/mol. The molecule has 0 spiro atoms. The van der Waals surface area contributed by atoms with Crippen LogP contribution in [0, 0.1) is 0 Å². The zero-order valence-corrected chi connectivity index (χ0v) is 10.9. The Morgan fingerprint density at radius 3 is 2.82 bits per heavy atom. The average molecular weight is 233 g/mol. The SMILES string of the molecule is CCCC(C)(C)Nc1ncnc2c1cnn2C. The van der Waals surface area contributed by atoms with E-state index < -0.39 is 0 Å². The molecule has 0 unspecified atom stereocenters. The van der Waals surface area contributed by atoms with E-state index in [1.54, 1.807) is 17.2 Å². The first-order valence-electron chi connectivity index (χ1n) is 5.94. The van der Waals surface area contributed by atoms with Crippen LogP contribution in [0.3, 0.4) is 0 Å². The van der Waals surface area contributed by atoms with Crippen LogP contribution in [-0.4, -0.2) is 25.3 Å². The molecule has 0 radical (unpaired) electrons. The highest BCUT2D eigenvalue weighted by molar-refractivity contribution is 5.86. The fourth-order valence-corrected chi connectivity index (χ4v) is 2.07. The molecule has 0 aliphatic rings. The maximum absolute atomic E-state index is 4.31. The normalized spacial score (nSPS) is 12.0. The summed E-state index contributed by atoms with van der Waals surface area (Å²) in [6.07, 6.45) is 5.62. The lowest BCUT2D eigenvalue weighted by atomic mass is 9.99. The zero-order valence-electron chi connectivity index (χ0n) is 10.9. The van der Waals surface area contributed by atoms with Gasteiger partial charge in [0.15, 0.2) is 5.65 Å². The van der Waals surface area contributed by atoms with Gasteiger partial charge in [0.1, 0.15) is 12.1 Å². The highest BCUT2D eigenvalue weighted by Gasteiger charge is 2.18. The number of hydrogen-bond acceptors (Lipinski definition) is 4. The summed E-state index contributed by atoms with van der Waals surface area (Å²) in [6.45, 7) is 6.55. The van der Waals surface area contributed by atoms with E-state index in [9.17, 15) is 0 Å². The van der Waals surface area contributed by atoms with E-state index in [1.165, 1.54) is 0 Å². The van der Waals surface area contributed by atoms with Gasteiger partial charge in [0, 0.05) is 12.6 Å². The highest BCUT2D eigenvalue weighted by atomic mass is 15.3. The Morgan fingerprint density at radius 2 is 2.12 bits per heavy atom. The van der Waals surface area contributed by atoms with Gasteiger partial charge in [-0.15, -0.1) is 0 Å². The van der Waals surface area contributed by atoms with Crippen molar-refractivity contribution < 1.29 is 0 Å². The molecule has 0 amide bonds. The molecule has 92 valence electrons. The third-order valence-corrected chi connectivity index (χ3v) is 2.86. The van der Waals surface area contributed by atoms with Crippen molar-refractivity contribution in [3.05, 3.63) is 12.5 Å². The Morgan fingerprint density at radius 1 is 1.35 bits per heavy atom. The van der Waals surface area contributed by atoms with Crippen molar-refractivity contribution in [2.75, 3.05) is 5.32 Å². The molecule has 0 fully saturated rings. The van der Waals surface area contributed by atoms with Gasteiger partial charge < -0.3 is 5.32 Å². The average Bonchev–Trinajstić information content (AvgIpc) is 2.61. The molecule has 5 heteroatoms.